The smallest absolute Gasteiger partial charge is 0.211 e. The molecule has 0 saturated carbocycles. The lowest BCUT2D eigenvalue weighted by molar-refractivity contribution is -0.108. The first-order valence-corrected chi connectivity index (χ1v) is 3.04. The van der Waals surface area contributed by atoms with Crippen LogP contribution in [-0.2, 0) is 4.79 Å². The Kier molecular flexibility index (Phi) is 7.05. The van der Waals surface area contributed by atoms with Gasteiger partial charge in [-0.1, -0.05) is 12.2 Å². The van der Waals surface area contributed by atoms with Crippen molar-refractivity contribution in [2.24, 2.45) is 0 Å². The van der Waals surface area contributed by atoms with Crippen LogP contribution in [0.1, 0.15) is 6.42 Å². The number of allylic oxidation sites excluding steroid dienone is 2. The van der Waals surface area contributed by atoms with Crippen molar-refractivity contribution < 1.29 is 9.90 Å². The minimum atomic E-state index is 0.158. The van der Waals surface area contributed by atoms with Gasteiger partial charge in [-0.05, 0) is 12.5 Å². The summed E-state index contributed by atoms with van der Waals surface area (Å²) in [4.78, 5) is 9.67. The molecule has 0 aliphatic heterocycles. The van der Waals surface area contributed by atoms with E-state index in [0.717, 1.165) is 0 Å². The van der Waals surface area contributed by atoms with Crippen molar-refractivity contribution in [1.82, 2.24) is 5.32 Å². The summed E-state index contributed by atoms with van der Waals surface area (Å²) in [7, 11) is 0. The fraction of sp³-hybridized carbons (Fsp3) is 0.286. The number of carbonyl (C=O) groups is 1. The van der Waals surface area contributed by atoms with Gasteiger partial charge in [0.2, 0.25) is 6.41 Å². The molecule has 56 valence electrons. The lowest BCUT2D eigenvalue weighted by atomic mass is 10.4. The number of aliphatic hydroxyl groups excluding tert-OH is 1. The third-order valence-electron chi connectivity index (χ3n) is 0.803. The largest absolute Gasteiger partial charge is 0.396 e. The van der Waals surface area contributed by atoms with Crippen LogP contribution in [-0.4, -0.2) is 18.1 Å². The van der Waals surface area contributed by atoms with Crippen molar-refractivity contribution in [1.29, 1.82) is 0 Å². The Bertz CT molecular complexity index is 130. The second kappa shape index (κ2) is 7.91. The lowest BCUT2D eigenvalue weighted by Gasteiger charge is -1.81. The minimum Gasteiger partial charge on any atom is -0.396 e. The summed E-state index contributed by atoms with van der Waals surface area (Å²) in [5, 5.41) is 10.7. The van der Waals surface area contributed by atoms with E-state index in [9.17, 15) is 4.79 Å². The Labute approximate surface area is 60.1 Å². The average molecular weight is 141 g/mol. The Hall–Kier alpha value is -1.09. The van der Waals surface area contributed by atoms with E-state index in [-0.39, 0.29) is 6.61 Å². The molecule has 0 radical (unpaired) electrons. The molecule has 0 atom stereocenters. The monoisotopic (exact) mass is 141 g/mol. The van der Waals surface area contributed by atoms with Crippen LogP contribution in [0.25, 0.3) is 0 Å². The molecule has 0 saturated heterocycles. The van der Waals surface area contributed by atoms with Crippen LogP contribution in [0.15, 0.2) is 24.4 Å². The molecule has 0 aliphatic carbocycles. The molecule has 0 heterocycles. The van der Waals surface area contributed by atoms with Gasteiger partial charge >= 0.3 is 0 Å². The number of carbonyl (C=O) groups excluding carboxylic acids is 1. The quantitative estimate of drug-likeness (QED) is 0.424. The van der Waals surface area contributed by atoms with Crippen LogP contribution in [0.5, 0.6) is 0 Å². The molecule has 0 aromatic rings. The van der Waals surface area contributed by atoms with Gasteiger partial charge in [-0.2, -0.15) is 0 Å². The van der Waals surface area contributed by atoms with Crippen molar-refractivity contribution in [3.63, 3.8) is 0 Å². The second-order valence-corrected chi connectivity index (χ2v) is 1.58. The highest BCUT2D eigenvalue weighted by Crippen LogP contribution is 1.80. The maximum atomic E-state index is 9.67. The van der Waals surface area contributed by atoms with Crippen molar-refractivity contribution in [2.75, 3.05) is 6.61 Å². The van der Waals surface area contributed by atoms with Crippen LogP contribution in [0.3, 0.4) is 0 Å². The van der Waals surface area contributed by atoms with Gasteiger partial charge in [0.1, 0.15) is 0 Å². The van der Waals surface area contributed by atoms with Crippen LogP contribution in [0.4, 0.5) is 0 Å². The van der Waals surface area contributed by atoms with Gasteiger partial charge in [0.05, 0.1) is 0 Å². The maximum Gasteiger partial charge on any atom is 0.211 e. The van der Waals surface area contributed by atoms with Gasteiger partial charge < -0.3 is 10.4 Å². The van der Waals surface area contributed by atoms with Crippen molar-refractivity contribution in [3.8, 4) is 0 Å². The summed E-state index contributed by atoms with van der Waals surface area (Å²) < 4.78 is 0. The molecule has 0 aromatic heterocycles. The molecular formula is C7H11NO2. The number of nitrogens with one attached hydrogen (secondary N) is 1. The second-order valence-electron chi connectivity index (χ2n) is 1.58. The van der Waals surface area contributed by atoms with E-state index in [2.05, 4.69) is 5.32 Å². The molecule has 0 unspecified atom stereocenters. The van der Waals surface area contributed by atoms with Gasteiger partial charge in [0.25, 0.3) is 0 Å². The standard InChI is InChI=1S/C7H11NO2/c9-6-4-2-1-3-5-8-7-10/h1-3,5,7,9H,4,6H2,(H,8,10)/b2-1-,5-3-. The average Bonchev–Trinajstić information content (AvgIpc) is 1.97. The Morgan fingerprint density at radius 3 is 2.80 bits per heavy atom. The summed E-state index contributed by atoms with van der Waals surface area (Å²) in [5.41, 5.74) is 0. The van der Waals surface area contributed by atoms with Crippen LogP contribution >= 0.6 is 0 Å². The fourth-order valence-electron chi connectivity index (χ4n) is 0.400. The Morgan fingerprint density at radius 2 is 2.20 bits per heavy atom. The van der Waals surface area contributed by atoms with Crippen molar-refractivity contribution in [3.05, 3.63) is 24.4 Å². The normalized spacial score (nSPS) is 10.9. The molecule has 10 heavy (non-hydrogen) atoms. The van der Waals surface area contributed by atoms with Gasteiger partial charge in [-0.15, -0.1) is 0 Å². The Morgan fingerprint density at radius 1 is 1.40 bits per heavy atom. The first-order chi connectivity index (χ1) is 4.91. The van der Waals surface area contributed by atoms with Gasteiger partial charge in [0.15, 0.2) is 0 Å². The first kappa shape index (κ1) is 8.91. The van der Waals surface area contributed by atoms with E-state index in [1.807, 2.05) is 6.08 Å². The van der Waals surface area contributed by atoms with Crippen LogP contribution in [0, 0.1) is 0 Å². The van der Waals surface area contributed by atoms with E-state index >= 15 is 0 Å². The topological polar surface area (TPSA) is 49.3 Å². The molecular weight excluding hydrogens is 130 g/mol. The van der Waals surface area contributed by atoms with Gasteiger partial charge in [-0.25, -0.2) is 0 Å². The molecule has 0 spiro atoms. The van der Waals surface area contributed by atoms with E-state index in [0.29, 0.717) is 12.8 Å². The summed E-state index contributed by atoms with van der Waals surface area (Å²) in [6.45, 7) is 0.158. The van der Waals surface area contributed by atoms with E-state index in [4.69, 9.17) is 5.11 Å². The number of rotatable bonds is 5. The third kappa shape index (κ3) is 6.91. The lowest BCUT2D eigenvalue weighted by Crippen LogP contribution is -1.97. The molecule has 0 rings (SSSR count). The maximum absolute atomic E-state index is 9.67. The molecule has 0 fully saturated rings. The molecule has 0 bridgehead atoms. The predicted molar refractivity (Wildman–Crippen MR) is 39.2 cm³/mol. The minimum absolute atomic E-state index is 0.158. The zero-order valence-corrected chi connectivity index (χ0v) is 5.66. The van der Waals surface area contributed by atoms with E-state index < -0.39 is 0 Å². The summed E-state index contributed by atoms with van der Waals surface area (Å²) in [6, 6.07) is 0. The fourth-order valence-corrected chi connectivity index (χ4v) is 0.400. The molecule has 3 heteroatoms. The molecule has 3 nitrogen and oxygen atoms in total. The highest BCUT2D eigenvalue weighted by atomic mass is 16.2. The van der Waals surface area contributed by atoms with Gasteiger partial charge in [0, 0.05) is 12.8 Å². The zero-order chi connectivity index (χ0) is 7.66. The summed E-state index contributed by atoms with van der Waals surface area (Å²) >= 11 is 0. The van der Waals surface area contributed by atoms with Gasteiger partial charge in [-0.3, -0.25) is 4.79 Å². The number of aliphatic hydroxyl groups is 1. The molecule has 2 N–H and O–H groups in total. The SMILES string of the molecule is O=CN/C=C\C=C/CCO. The van der Waals surface area contributed by atoms with Crippen molar-refractivity contribution >= 4 is 6.41 Å². The number of hydrogen-bond donors (Lipinski definition) is 2. The summed E-state index contributed by atoms with van der Waals surface area (Å²) in [6.07, 6.45) is 8.00. The highest BCUT2D eigenvalue weighted by Gasteiger charge is 1.69. The summed E-state index contributed by atoms with van der Waals surface area (Å²) in [5.74, 6) is 0. The molecule has 0 aromatic carbocycles. The zero-order valence-electron chi connectivity index (χ0n) is 5.66. The van der Waals surface area contributed by atoms with Crippen molar-refractivity contribution in [2.45, 2.75) is 6.42 Å². The van der Waals surface area contributed by atoms with Crippen LogP contribution in [0.2, 0.25) is 0 Å². The Balaban J connectivity index is 3.22. The predicted octanol–water partition coefficient (Wildman–Crippen LogP) is 0.185. The third-order valence-corrected chi connectivity index (χ3v) is 0.803. The number of amides is 1. The first-order valence-electron chi connectivity index (χ1n) is 3.04. The number of hydrogen-bond acceptors (Lipinski definition) is 2. The molecule has 0 aliphatic rings. The van der Waals surface area contributed by atoms with E-state index in [1.165, 1.54) is 6.20 Å². The highest BCUT2D eigenvalue weighted by molar-refractivity contribution is 5.47. The molecule has 1 amide bonds. The van der Waals surface area contributed by atoms with Crippen LogP contribution < -0.4 is 5.32 Å². The van der Waals surface area contributed by atoms with E-state index in [1.54, 1.807) is 12.2 Å².